The second kappa shape index (κ2) is 2.88. The topological polar surface area (TPSA) is 45.8 Å². The van der Waals surface area contributed by atoms with Gasteiger partial charge in [0.2, 0.25) is 0 Å². The number of nitrogens with zero attached hydrogens (tertiary/aromatic N) is 1. The van der Waals surface area contributed by atoms with Crippen LogP contribution in [-0.2, 0) is 0 Å². The first kappa shape index (κ1) is 7.34. The van der Waals surface area contributed by atoms with Crippen LogP contribution in [0.15, 0.2) is 15.9 Å². The van der Waals surface area contributed by atoms with Gasteiger partial charge in [-0.2, -0.15) is 5.10 Å². The van der Waals surface area contributed by atoms with Gasteiger partial charge >= 0.3 is 0 Å². The van der Waals surface area contributed by atoms with Crippen molar-refractivity contribution in [1.82, 2.24) is 10.2 Å². The Balaban J connectivity index is 3.17. The first-order valence-electron chi connectivity index (χ1n) is 2.84. The summed E-state index contributed by atoms with van der Waals surface area (Å²) in [4.78, 5) is 10.8. The molecule has 0 saturated carbocycles. The SMILES string of the molecule is CSc1cc(C)c(=O)[nH]n1. The number of hydrogen-bond donors (Lipinski definition) is 1. The Labute approximate surface area is 62.9 Å². The first-order chi connectivity index (χ1) is 4.74. The molecule has 1 N–H and O–H groups in total. The zero-order chi connectivity index (χ0) is 7.56. The molecule has 4 heteroatoms. The molecule has 3 nitrogen and oxygen atoms in total. The molecule has 0 spiro atoms. The standard InChI is InChI=1S/C6H8N2OS/c1-4-3-5(10-2)7-8-6(4)9/h3H,1-2H3,(H,8,9). The van der Waals surface area contributed by atoms with Crippen molar-refractivity contribution in [2.75, 3.05) is 6.26 Å². The lowest BCUT2D eigenvalue weighted by molar-refractivity contribution is 0.885. The van der Waals surface area contributed by atoms with Gasteiger partial charge in [0.25, 0.3) is 5.56 Å². The maximum absolute atomic E-state index is 10.8. The lowest BCUT2D eigenvalue weighted by Crippen LogP contribution is -2.10. The highest BCUT2D eigenvalue weighted by Gasteiger charge is 1.94. The monoisotopic (exact) mass is 156 g/mol. The van der Waals surface area contributed by atoms with E-state index in [9.17, 15) is 4.79 Å². The molecule has 0 saturated heterocycles. The van der Waals surface area contributed by atoms with Crippen molar-refractivity contribution < 1.29 is 0 Å². The molecule has 0 unspecified atom stereocenters. The Hall–Kier alpha value is -0.770. The molecule has 1 heterocycles. The summed E-state index contributed by atoms with van der Waals surface area (Å²) in [6.45, 7) is 1.76. The highest BCUT2D eigenvalue weighted by Crippen LogP contribution is 2.07. The molecule has 0 aliphatic rings. The van der Waals surface area contributed by atoms with Gasteiger partial charge < -0.3 is 0 Å². The van der Waals surface area contributed by atoms with Crippen molar-refractivity contribution in [2.45, 2.75) is 11.9 Å². The Morgan fingerprint density at radius 1 is 1.70 bits per heavy atom. The zero-order valence-corrected chi connectivity index (χ0v) is 6.66. The molecule has 54 valence electrons. The normalized spacial score (nSPS) is 9.80. The van der Waals surface area contributed by atoms with E-state index in [4.69, 9.17) is 0 Å². The van der Waals surface area contributed by atoms with Crippen molar-refractivity contribution in [1.29, 1.82) is 0 Å². The van der Waals surface area contributed by atoms with Crippen LogP contribution >= 0.6 is 11.8 Å². The van der Waals surface area contributed by atoms with Crippen LogP contribution in [0.2, 0.25) is 0 Å². The maximum Gasteiger partial charge on any atom is 0.267 e. The van der Waals surface area contributed by atoms with Crippen molar-refractivity contribution in [3.63, 3.8) is 0 Å². The minimum atomic E-state index is -0.113. The quantitative estimate of drug-likeness (QED) is 0.612. The molecule has 0 aromatic carbocycles. The van der Waals surface area contributed by atoms with Gasteiger partial charge in [-0.25, -0.2) is 5.10 Å². The molecule has 1 aromatic rings. The van der Waals surface area contributed by atoms with Gasteiger partial charge in [0.1, 0.15) is 5.03 Å². The number of hydrogen-bond acceptors (Lipinski definition) is 3. The van der Waals surface area contributed by atoms with Crippen molar-refractivity contribution in [3.05, 3.63) is 22.0 Å². The summed E-state index contributed by atoms with van der Waals surface area (Å²) in [5.74, 6) is 0. The summed E-state index contributed by atoms with van der Waals surface area (Å²) in [6, 6.07) is 1.77. The summed E-state index contributed by atoms with van der Waals surface area (Å²) < 4.78 is 0. The number of aryl methyl sites for hydroxylation is 1. The van der Waals surface area contributed by atoms with Crippen LogP contribution < -0.4 is 5.56 Å². The van der Waals surface area contributed by atoms with Crippen molar-refractivity contribution in [2.24, 2.45) is 0 Å². The van der Waals surface area contributed by atoms with Gasteiger partial charge in [0, 0.05) is 5.56 Å². The summed E-state index contributed by atoms with van der Waals surface area (Å²) >= 11 is 1.51. The molecule has 0 atom stereocenters. The summed E-state index contributed by atoms with van der Waals surface area (Å²) in [5.41, 5.74) is 0.595. The molecule has 1 rings (SSSR count). The lowest BCUT2D eigenvalue weighted by atomic mass is 10.3. The highest BCUT2D eigenvalue weighted by molar-refractivity contribution is 7.98. The number of rotatable bonds is 1. The highest BCUT2D eigenvalue weighted by atomic mass is 32.2. The smallest absolute Gasteiger partial charge is 0.267 e. The number of aromatic nitrogens is 2. The van der Waals surface area contributed by atoms with Crippen LogP contribution in [0.4, 0.5) is 0 Å². The molecule has 0 aliphatic heterocycles. The minimum absolute atomic E-state index is 0.113. The average molecular weight is 156 g/mol. The van der Waals surface area contributed by atoms with Crippen LogP contribution in [0.3, 0.4) is 0 Å². The van der Waals surface area contributed by atoms with E-state index in [0.29, 0.717) is 5.56 Å². The van der Waals surface area contributed by atoms with E-state index in [1.807, 2.05) is 6.26 Å². The molecule has 0 bridgehead atoms. The van der Waals surface area contributed by atoms with E-state index >= 15 is 0 Å². The molecular weight excluding hydrogens is 148 g/mol. The third-order valence-corrected chi connectivity index (χ3v) is 1.80. The van der Waals surface area contributed by atoms with E-state index in [-0.39, 0.29) is 5.56 Å². The van der Waals surface area contributed by atoms with Gasteiger partial charge in [0.15, 0.2) is 0 Å². The van der Waals surface area contributed by atoms with Gasteiger partial charge in [0.05, 0.1) is 0 Å². The van der Waals surface area contributed by atoms with Crippen LogP contribution in [0.5, 0.6) is 0 Å². The minimum Gasteiger partial charge on any atom is -0.268 e. The van der Waals surface area contributed by atoms with Gasteiger partial charge in [-0.3, -0.25) is 4.79 Å². The predicted molar refractivity (Wildman–Crippen MR) is 41.4 cm³/mol. The van der Waals surface area contributed by atoms with Gasteiger partial charge in [-0.1, -0.05) is 0 Å². The lowest BCUT2D eigenvalue weighted by Gasteiger charge is -1.93. The van der Waals surface area contributed by atoms with Crippen LogP contribution in [0, 0.1) is 6.92 Å². The van der Waals surface area contributed by atoms with Crippen molar-refractivity contribution >= 4 is 11.8 Å². The van der Waals surface area contributed by atoms with E-state index in [0.717, 1.165) is 5.03 Å². The Bertz CT molecular complexity index is 281. The van der Waals surface area contributed by atoms with E-state index in [1.54, 1.807) is 13.0 Å². The summed E-state index contributed by atoms with van der Waals surface area (Å²) in [5, 5.41) is 7.02. The first-order valence-corrected chi connectivity index (χ1v) is 4.07. The maximum atomic E-state index is 10.8. The fraction of sp³-hybridized carbons (Fsp3) is 0.333. The number of H-pyrrole nitrogens is 1. The van der Waals surface area contributed by atoms with E-state index in [2.05, 4.69) is 10.2 Å². The van der Waals surface area contributed by atoms with E-state index < -0.39 is 0 Å². The van der Waals surface area contributed by atoms with Crippen molar-refractivity contribution in [3.8, 4) is 0 Å². The van der Waals surface area contributed by atoms with Gasteiger partial charge in [-0.05, 0) is 19.2 Å². The largest absolute Gasteiger partial charge is 0.268 e. The zero-order valence-electron chi connectivity index (χ0n) is 5.84. The van der Waals surface area contributed by atoms with Gasteiger partial charge in [-0.15, -0.1) is 11.8 Å². The van der Waals surface area contributed by atoms with E-state index in [1.165, 1.54) is 11.8 Å². The predicted octanol–water partition coefficient (Wildman–Crippen LogP) is 0.800. The molecule has 0 fully saturated rings. The molecule has 0 aliphatic carbocycles. The third kappa shape index (κ3) is 1.39. The molecular formula is C6H8N2OS. The second-order valence-corrected chi connectivity index (χ2v) is 2.75. The van der Waals surface area contributed by atoms with Crippen LogP contribution in [0.25, 0.3) is 0 Å². The Kier molecular flexibility index (Phi) is 2.11. The second-order valence-electron chi connectivity index (χ2n) is 1.92. The summed E-state index contributed by atoms with van der Waals surface area (Å²) in [7, 11) is 0. The molecule has 0 radical (unpaired) electrons. The summed E-state index contributed by atoms with van der Waals surface area (Å²) in [6.07, 6.45) is 1.92. The average Bonchev–Trinajstić information content (AvgIpc) is 1.95. The molecule has 0 amide bonds. The number of nitrogens with one attached hydrogen (secondary N) is 1. The fourth-order valence-electron chi connectivity index (χ4n) is 0.582. The van der Waals surface area contributed by atoms with Crippen LogP contribution in [0.1, 0.15) is 5.56 Å². The third-order valence-electron chi connectivity index (χ3n) is 1.17. The molecule has 10 heavy (non-hydrogen) atoms. The Morgan fingerprint density at radius 2 is 2.40 bits per heavy atom. The number of thioether (sulfide) groups is 1. The van der Waals surface area contributed by atoms with Crippen LogP contribution in [-0.4, -0.2) is 16.5 Å². The number of aromatic amines is 1. The molecule has 1 aromatic heterocycles. The fourth-order valence-corrected chi connectivity index (χ4v) is 1.01. The Morgan fingerprint density at radius 3 is 2.90 bits per heavy atom.